The van der Waals surface area contributed by atoms with Gasteiger partial charge in [-0.2, -0.15) is 0 Å². The highest BCUT2D eigenvalue weighted by atomic mass is 32.2. The van der Waals surface area contributed by atoms with Gasteiger partial charge in [-0.15, -0.1) is 5.10 Å². The zero-order chi connectivity index (χ0) is 12.2. The number of ether oxygens (including phenoxy) is 1. The van der Waals surface area contributed by atoms with E-state index in [0.29, 0.717) is 10.9 Å². The van der Waals surface area contributed by atoms with Gasteiger partial charge < -0.3 is 10.1 Å². The van der Waals surface area contributed by atoms with Gasteiger partial charge in [0.25, 0.3) is 0 Å². The number of nitrogens with zero attached hydrogens (tertiary/aromatic N) is 4. The first kappa shape index (κ1) is 12.9. The minimum absolute atomic E-state index is 0.308. The lowest BCUT2D eigenvalue weighted by molar-refractivity contribution is -0.146. The number of rotatable bonds is 5. The van der Waals surface area contributed by atoms with E-state index in [1.54, 1.807) is 25.7 Å². The minimum Gasteiger partial charge on any atom is -0.468 e. The summed E-state index contributed by atoms with van der Waals surface area (Å²) in [7, 11) is 4.83. The highest BCUT2D eigenvalue weighted by molar-refractivity contribution is 7.99. The molecule has 8 heteroatoms. The van der Waals surface area contributed by atoms with E-state index < -0.39 is 5.54 Å². The molecule has 0 aliphatic heterocycles. The fourth-order valence-electron chi connectivity index (χ4n) is 1.01. The van der Waals surface area contributed by atoms with Gasteiger partial charge in [0, 0.05) is 12.8 Å². The standard InChI is InChI=1S/C8H15N5O2S/c1-8(9-2,6(14)15-4)5-16-7-10-11-12-13(7)3/h9H,5H2,1-4H3. The molecule has 0 aromatic carbocycles. The number of aryl methyl sites for hydroxylation is 1. The quantitative estimate of drug-likeness (QED) is 0.550. The maximum absolute atomic E-state index is 11.6. The Labute approximate surface area is 97.9 Å². The lowest BCUT2D eigenvalue weighted by Gasteiger charge is -2.24. The monoisotopic (exact) mass is 245 g/mol. The molecule has 1 aromatic heterocycles. The predicted molar refractivity (Wildman–Crippen MR) is 59.0 cm³/mol. The van der Waals surface area contributed by atoms with Crippen molar-refractivity contribution in [3.05, 3.63) is 0 Å². The van der Waals surface area contributed by atoms with E-state index in [4.69, 9.17) is 4.74 Å². The van der Waals surface area contributed by atoms with Crippen molar-refractivity contribution in [1.29, 1.82) is 0 Å². The maximum atomic E-state index is 11.6. The zero-order valence-electron chi connectivity index (χ0n) is 9.72. The lowest BCUT2D eigenvalue weighted by atomic mass is 10.1. The molecule has 7 nitrogen and oxygen atoms in total. The molecule has 0 aliphatic rings. The first-order valence-corrected chi connectivity index (χ1v) is 5.64. The molecule has 90 valence electrons. The summed E-state index contributed by atoms with van der Waals surface area (Å²) < 4.78 is 6.29. The SMILES string of the molecule is CNC(C)(CSc1nnnn1C)C(=O)OC. The van der Waals surface area contributed by atoms with Crippen LogP contribution in [-0.2, 0) is 16.6 Å². The Balaban J connectivity index is 2.65. The van der Waals surface area contributed by atoms with Crippen LogP contribution in [0.25, 0.3) is 0 Å². The van der Waals surface area contributed by atoms with E-state index in [2.05, 4.69) is 20.8 Å². The van der Waals surface area contributed by atoms with Gasteiger partial charge in [0.05, 0.1) is 7.11 Å². The number of methoxy groups -OCH3 is 1. The Morgan fingerprint density at radius 3 is 2.81 bits per heavy atom. The van der Waals surface area contributed by atoms with E-state index in [1.807, 2.05) is 0 Å². The molecule has 1 rings (SSSR count). The average Bonchev–Trinajstić information content (AvgIpc) is 2.70. The fraction of sp³-hybridized carbons (Fsp3) is 0.750. The normalized spacial score (nSPS) is 14.5. The predicted octanol–water partition coefficient (Wildman–Crippen LogP) is -0.547. The van der Waals surface area contributed by atoms with Crippen LogP contribution in [0.1, 0.15) is 6.92 Å². The number of nitrogens with one attached hydrogen (secondary N) is 1. The van der Waals surface area contributed by atoms with Crippen LogP contribution in [0.5, 0.6) is 0 Å². The number of carbonyl (C=O) groups is 1. The van der Waals surface area contributed by atoms with Gasteiger partial charge in [-0.25, -0.2) is 4.68 Å². The Bertz CT molecular complexity index is 369. The molecule has 0 spiro atoms. The number of esters is 1. The Kier molecular flexibility index (Phi) is 4.25. The third kappa shape index (κ3) is 2.70. The molecule has 0 radical (unpaired) electrons. The topological polar surface area (TPSA) is 81.9 Å². The lowest BCUT2D eigenvalue weighted by Crippen LogP contribution is -2.50. The Morgan fingerprint density at radius 1 is 1.69 bits per heavy atom. The van der Waals surface area contributed by atoms with E-state index in [9.17, 15) is 4.79 Å². The van der Waals surface area contributed by atoms with Gasteiger partial charge in [-0.1, -0.05) is 11.8 Å². The van der Waals surface area contributed by atoms with Crippen LogP contribution in [0.2, 0.25) is 0 Å². The van der Waals surface area contributed by atoms with Crippen molar-refractivity contribution in [1.82, 2.24) is 25.5 Å². The third-order valence-corrected chi connectivity index (χ3v) is 3.58. The van der Waals surface area contributed by atoms with Crippen molar-refractivity contribution in [3.63, 3.8) is 0 Å². The molecule has 16 heavy (non-hydrogen) atoms. The second-order valence-electron chi connectivity index (χ2n) is 3.45. The van der Waals surface area contributed by atoms with Crippen molar-refractivity contribution >= 4 is 17.7 Å². The highest BCUT2D eigenvalue weighted by Crippen LogP contribution is 2.20. The van der Waals surface area contributed by atoms with Crippen LogP contribution in [0.4, 0.5) is 0 Å². The Morgan fingerprint density at radius 2 is 2.38 bits per heavy atom. The van der Waals surface area contributed by atoms with Gasteiger partial charge in [-0.3, -0.25) is 4.79 Å². The van der Waals surface area contributed by atoms with Gasteiger partial charge in [0.2, 0.25) is 5.16 Å². The number of tetrazole rings is 1. The van der Waals surface area contributed by atoms with Crippen molar-refractivity contribution in [3.8, 4) is 0 Å². The Hall–Kier alpha value is -1.15. The van der Waals surface area contributed by atoms with E-state index >= 15 is 0 Å². The van der Waals surface area contributed by atoms with Crippen LogP contribution in [-0.4, -0.2) is 51.6 Å². The van der Waals surface area contributed by atoms with E-state index in [0.717, 1.165) is 0 Å². The largest absolute Gasteiger partial charge is 0.468 e. The number of hydrogen-bond acceptors (Lipinski definition) is 7. The van der Waals surface area contributed by atoms with E-state index in [-0.39, 0.29) is 5.97 Å². The summed E-state index contributed by atoms with van der Waals surface area (Å²) in [5, 5.41) is 14.6. The van der Waals surface area contributed by atoms with Gasteiger partial charge in [-0.05, 0) is 24.4 Å². The summed E-state index contributed by atoms with van der Waals surface area (Å²) in [5.74, 6) is 0.183. The van der Waals surface area contributed by atoms with Gasteiger partial charge in [0.1, 0.15) is 5.54 Å². The molecular formula is C8H15N5O2S. The summed E-state index contributed by atoms with van der Waals surface area (Å²) in [6, 6.07) is 0. The molecule has 0 aliphatic carbocycles. The van der Waals surface area contributed by atoms with Crippen LogP contribution in [0.3, 0.4) is 0 Å². The molecule has 1 N–H and O–H groups in total. The molecule has 0 bridgehead atoms. The molecule has 0 saturated carbocycles. The molecule has 0 amide bonds. The van der Waals surface area contributed by atoms with Crippen molar-refractivity contribution in [2.24, 2.45) is 7.05 Å². The van der Waals surface area contributed by atoms with E-state index in [1.165, 1.54) is 18.9 Å². The first-order valence-electron chi connectivity index (χ1n) is 4.66. The third-order valence-electron chi connectivity index (χ3n) is 2.26. The number of aromatic nitrogens is 4. The summed E-state index contributed by atoms with van der Waals surface area (Å²) in [6.45, 7) is 1.77. The van der Waals surface area contributed by atoms with Crippen LogP contribution >= 0.6 is 11.8 Å². The first-order chi connectivity index (χ1) is 7.53. The zero-order valence-corrected chi connectivity index (χ0v) is 10.5. The maximum Gasteiger partial charge on any atom is 0.326 e. The fourth-order valence-corrected chi connectivity index (χ4v) is 2.01. The second-order valence-corrected chi connectivity index (χ2v) is 4.39. The van der Waals surface area contributed by atoms with Gasteiger partial charge in [0.15, 0.2) is 0 Å². The van der Waals surface area contributed by atoms with Crippen molar-refractivity contribution in [2.45, 2.75) is 17.6 Å². The van der Waals surface area contributed by atoms with Crippen molar-refractivity contribution in [2.75, 3.05) is 19.9 Å². The summed E-state index contributed by atoms with van der Waals surface area (Å²) in [4.78, 5) is 11.6. The molecule has 1 heterocycles. The number of likely N-dealkylation sites (N-methyl/N-ethyl adjacent to an activating group) is 1. The molecule has 0 fully saturated rings. The number of carbonyl (C=O) groups excluding carboxylic acids is 1. The van der Waals surface area contributed by atoms with Crippen LogP contribution < -0.4 is 5.32 Å². The van der Waals surface area contributed by atoms with Gasteiger partial charge >= 0.3 is 5.97 Å². The number of thioether (sulfide) groups is 1. The number of hydrogen-bond donors (Lipinski definition) is 1. The van der Waals surface area contributed by atoms with Crippen LogP contribution in [0.15, 0.2) is 5.16 Å². The van der Waals surface area contributed by atoms with Crippen LogP contribution in [0, 0.1) is 0 Å². The molecule has 1 aromatic rings. The summed E-state index contributed by atoms with van der Waals surface area (Å²) in [6.07, 6.45) is 0. The van der Waals surface area contributed by atoms with Crippen molar-refractivity contribution < 1.29 is 9.53 Å². The summed E-state index contributed by atoms with van der Waals surface area (Å²) in [5.41, 5.74) is -0.745. The second kappa shape index (κ2) is 5.26. The smallest absolute Gasteiger partial charge is 0.326 e. The minimum atomic E-state index is -0.745. The highest BCUT2D eigenvalue weighted by Gasteiger charge is 2.33. The molecule has 0 saturated heterocycles. The average molecular weight is 245 g/mol. The molecule has 1 atom stereocenters. The summed E-state index contributed by atoms with van der Waals surface area (Å²) >= 11 is 1.39. The molecular weight excluding hydrogens is 230 g/mol. The molecule has 1 unspecified atom stereocenters.